The van der Waals surface area contributed by atoms with E-state index in [1.807, 2.05) is 0 Å². The molecule has 10 heavy (non-hydrogen) atoms. The van der Waals surface area contributed by atoms with Gasteiger partial charge in [-0.3, -0.25) is 0 Å². The largest absolute Gasteiger partial charge is 0.380 e. The molecule has 57 valence electrons. The lowest BCUT2D eigenvalue weighted by molar-refractivity contribution is -0.138. The summed E-state index contributed by atoms with van der Waals surface area (Å²) in [6.07, 6.45) is 2.64. The Morgan fingerprint density at radius 3 is 2.60 bits per heavy atom. The molecule has 0 atom stereocenters. The minimum Gasteiger partial charge on any atom is -0.380 e. The molecule has 0 unspecified atom stereocenters. The van der Waals surface area contributed by atoms with Crippen molar-refractivity contribution in [2.24, 2.45) is 5.41 Å². The molecule has 1 radical (unpaired) electrons. The fourth-order valence-corrected chi connectivity index (χ4v) is 1.94. The van der Waals surface area contributed by atoms with Gasteiger partial charge in [0.1, 0.15) is 0 Å². The molecule has 0 N–H and O–H groups in total. The van der Waals surface area contributed by atoms with Gasteiger partial charge in [-0.1, -0.05) is 0 Å². The van der Waals surface area contributed by atoms with Crippen LogP contribution in [-0.4, -0.2) is 31.2 Å². The average Bonchev–Trinajstić information content (AvgIpc) is 1.85. The van der Waals surface area contributed by atoms with Crippen LogP contribution in [0.15, 0.2) is 0 Å². The van der Waals surface area contributed by atoms with E-state index < -0.39 is 0 Å². The minimum absolute atomic E-state index is 0.514. The van der Waals surface area contributed by atoms with Crippen molar-refractivity contribution in [2.75, 3.05) is 26.3 Å². The standard InChI is InChI=1S/C8H14NO/c1-9-4-2-3-8(5-9)6-10-7-8/h1-7H2. The molecule has 2 heteroatoms. The number of likely N-dealkylation sites (tertiary alicyclic amines) is 1. The SMILES string of the molecule is [CH2]N1CCCC2(COC2)C1. The Labute approximate surface area is 62.2 Å². The predicted octanol–water partition coefficient (Wildman–Crippen LogP) is 0.890. The number of piperidine rings is 1. The predicted molar refractivity (Wildman–Crippen MR) is 39.4 cm³/mol. The molecule has 2 fully saturated rings. The third-order valence-corrected chi connectivity index (χ3v) is 2.56. The zero-order chi connectivity index (χ0) is 7.03. The van der Waals surface area contributed by atoms with Crippen LogP contribution < -0.4 is 0 Å². The number of nitrogens with zero attached hydrogens (tertiary/aromatic N) is 1. The van der Waals surface area contributed by atoms with Crippen LogP contribution in [0.2, 0.25) is 0 Å². The van der Waals surface area contributed by atoms with Gasteiger partial charge < -0.3 is 9.64 Å². The van der Waals surface area contributed by atoms with E-state index in [-0.39, 0.29) is 0 Å². The molecule has 2 aliphatic rings. The molecule has 2 heterocycles. The minimum atomic E-state index is 0.514. The highest BCUT2D eigenvalue weighted by Crippen LogP contribution is 2.36. The van der Waals surface area contributed by atoms with Crippen LogP contribution in [0.5, 0.6) is 0 Å². The summed E-state index contributed by atoms with van der Waals surface area (Å²) >= 11 is 0. The van der Waals surface area contributed by atoms with Gasteiger partial charge in [0.05, 0.1) is 13.2 Å². The fraction of sp³-hybridized carbons (Fsp3) is 0.875. The molecular formula is C8H14NO. The highest BCUT2D eigenvalue weighted by Gasteiger charge is 2.40. The van der Waals surface area contributed by atoms with Gasteiger partial charge >= 0.3 is 0 Å². The highest BCUT2D eigenvalue weighted by atomic mass is 16.5. The molecule has 0 amide bonds. The van der Waals surface area contributed by atoms with Crippen LogP contribution in [0.1, 0.15) is 12.8 Å². The molecule has 2 rings (SSSR count). The third-order valence-electron chi connectivity index (χ3n) is 2.56. The first kappa shape index (κ1) is 6.62. The average molecular weight is 140 g/mol. The first-order valence-electron chi connectivity index (χ1n) is 3.94. The molecule has 0 aromatic rings. The van der Waals surface area contributed by atoms with Crippen LogP contribution in [0.25, 0.3) is 0 Å². The molecule has 0 aliphatic carbocycles. The van der Waals surface area contributed by atoms with E-state index in [1.165, 1.54) is 19.4 Å². The summed E-state index contributed by atoms with van der Waals surface area (Å²) in [6, 6.07) is 0. The Bertz CT molecular complexity index is 131. The van der Waals surface area contributed by atoms with Gasteiger partial charge in [0.25, 0.3) is 0 Å². The summed E-state index contributed by atoms with van der Waals surface area (Å²) in [5.74, 6) is 0. The summed E-state index contributed by atoms with van der Waals surface area (Å²) in [6.45, 7) is 4.26. The molecule has 0 aromatic heterocycles. The topological polar surface area (TPSA) is 12.5 Å². The first-order chi connectivity index (χ1) is 4.81. The van der Waals surface area contributed by atoms with Crippen molar-refractivity contribution in [3.63, 3.8) is 0 Å². The van der Waals surface area contributed by atoms with Crippen molar-refractivity contribution in [3.05, 3.63) is 7.05 Å². The van der Waals surface area contributed by atoms with E-state index in [0.29, 0.717) is 5.41 Å². The lowest BCUT2D eigenvalue weighted by atomic mass is 9.78. The number of hydrogen-bond donors (Lipinski definition) is 0. The summed E-state index contributed by atoms with van der Waals surface area (Å²) in [4.78, 5) is 2.17. The van der Waals surface area contributed by atoms with Crippen LogP contribution in [0, 0.1) is 12.5 Å². The second kappa shape index (κ2) is 2.21. The zero-order valence-corrected chi connectivity index (χ0v) is 6.31. The van der Waals surface area contributed by atoms with E-state index in [4.69, 9.17) is 4.74 Å². The van der Waals surface area contributed by atoms with Gasteiger partial charge in [-0.15, -0.1) is 0 Å². The third kappa shape index (κ3) is 0.956. The first-order valence-corrected chi connectivity index (χ1v) is 3.94. The van der Waals surface area contributed by atoms with Crippen molar-refractivity contribution in [1.29, 1.82) is 0 Å². The van der Waals surface area contributed by atoms with Gasteiger partial charge in [-0.25, -0.2) is 0 Å². The molecule has 2 aliphatic heterocycles. The van der Waals surface area contributed by atoms with Gasteiger partial charge in [-0.05, 0) is 19.4 Å². The lowest BCUT2D eigenvalue weighted by Crippen LogP contribution is -2.52. The molecule has 0 saturated carbocycles. The van der Waals surface area contributed by atoms with E-state index in [9.17, 15) is 0 Å². The van der Waals surface area contributed by atoms with Crippen molar-refractivity contribution < 1.29 is 4.74 Å². The van der Waals surface area contributed by atoms with Gasteiger partial charge in [0.2, 0.25) is 0 Å². The lowest BCUT2D eigenvalue weighted by Gasteiger charge is -2.47. The maximum atomic E-state index is 5.21. The summed E-state index contributed by atoms with van der Waals surface area (Å²) in [5, 5.41) is 0. The van der Waals surface area contributed by atoms with Crippen LogP contribution in [-0.2, 0) is 4.74 Å². The van der Waals surface area contributed by atoms with Crippen molar-refractivity contribution in [1.82, 2.24) is 4.90 Å². The Morgan fingerprint density at radius 2 is 2.20 bits per heavy atom. The van der Waals surface area contributed by atoms with Crippen molar-refractivity contribution >= 4 is 0 Å². The maximum absolute atomic E-state index is 5.21. The van der Waals surface area contributed by atoms with E-state index >= 15 is 0 Å². The van der Waals surface area contributed by atoms with Gasteiger partial charge in [-0.2, -0.15) is 0 Å². The number of ether oxygens (including phenoxy) is 1. The normalized spacial score (nSPS) is 32.1. The summed E-state index contributed by atoms with van der Waals surface area (Å²) in [5.41, 5.74) is 0.514. The number of hydrogen-bond acceptors (Lipinski definition) is 2. The Balaban J connectivity index is 1.96. The molecule has 2 saturated heterocycles. The molecule has 0 bridgehead atoms. The van der Waals surface area contributed by atoms with Crippen LogP contribution in [0.3, 0.4) is 0 Å². The van der Waals surface area contributed by atoms with Crippen LogP contribution in [0.4, 0.5) is 0 Å². The Hall–Kier alpha value is -0.0800. The molecule has 2 nitrogen and oxygen atoms in total. The quantitative estimate of drug-likeness (QED) is 0.495. The van der Waals surface area contributed by atoms with Gasteiger partial charge in [0.15, 0.2) is 0 Å². The van der Waals surface area contributed by atoms with E-state index in [1.54, 1.807) is 0 Å². The molecule has 0 aromatic carbocycles. The summed E-state index contributed by atoms with van der Waals surface area (Å²) in [7, 11) is 3.95. The Kier molecular flexibility index (Phi) is 1.46. The van der Waals surface area contributed by atoms with Crippen LogP contribution >= 0.6 is 0 Å². The highest BCUT2D eigenvalue weighted by molar-refractivity contribution is 4.91. The zero-order valence-electron chi connectivity index (χ0n) is 6.31. The fourth-order valence-electron chi connectivity index (χ4n) is 1.94. The van der Waals surface area contributed by atoms with E-state index in [0.717, 1.165) is 19.8 Å². The monoisotopic (exact) mass is 140 g/mol. The maximum Gasteiger partial charge on any atom is 0.0557 e. The second-order valence-corrected chi connectivity index (χ2v) is 3.65. The van der Waals surface area contributed by atoms with Gasteiger partial charge in [0, 0.05) is 19.0 Å². The van der Waals surface area contributed by atoms with E-state index in [2.05, 4.69) is 11.9 Å². The summed E-state index contributed by atoms with van der Waals surface area (Å²) < 4.78 is 5.21. The van der Waals surface area contributed by atoms with Crippen molar-refractivity contribution in [2.45, 2.75) is 12.8 Å². The second-order valence-electron chi connectivity index (χ2n) is 3.65. The molecular weight excluding hydrogens is 126 g/mol. The number of rotatable bonds is 0. The smallest absolute Gasteiger partial charge is 0.0557 e. The van der Waals surface area contributed by atoms with Crippen molar-refractivity contribution in [3.8, 4) is 0 Å². The molecule has 1 spiro atoms. The Morgan fingerprint density at radius 1 is 1.40 bits per heavy atom.